The summed E-state index contributed by atoms with van der Waals surface area (Å²) in [5.74, 6) is -3.81. The van der Waals surface area contributed by atoms with E-state index in [1.807, 2.05) is 152 Å². The first-order valence-electron chi connectivity index (χ1n) is 47.6. The van der Waals surface area contributed by atoms with E-state index in [1.165, 1.54) is 23.3 Å². The molecule has 0 saturated heterocycles. The van der Waals surface area contributed by atoms with Gasteiger partial charge in [-0.3, -0.25) is 52.7 Å². The van der Waals surface area contributed by atoms with Gasteiger partial charge in [-0.2, -0.15) is 13.2 Å². The van der Waals surface area contributed by atoms with Crippen LogP contribution < -0.4 is 31.1 Å². The molecule has 0 bridgehead atoms. The smallest absolute Gasteiger partial charge is 0.416 e. The predicted octanol–water partition coefficient (Wildman–Crippen LogP) is 26.0. The van der Waals surface area contributed by atoms with Crippen LogP contribution >= 0.6 is 0 Å². The minimum Gasteiger partial charge on any atom is -0.481 e. The lowest BCUT2D eigenvalue weighted by Gasteiger charge is -2.28. The number of aliphatic carboxylic acids is 4. The van der Waals surface area contributed by atoms with E-state index < -0.39 is 65.3 Å². The van der Waals surface area contributed by atoms with Crippen LogP contribution in [0.5, 0.6) is 0 Å². The maximum Gasteiger partial charge on any atom is 0.416 e. The Morgan fingerprint density at radius 2 is 0.707 bits per heavy atom. The highest BCUT2D eigenvalue weighted by molar-refractivity contribution is 6.07. The van der Waals surface area contributed by atoms with Crippen molar-refractivity contribution in [3.05, 3.63) is 343 Å². The van der Waals surface area contributed by atoms with Crippen molar-refractivity contribution >= 4 is 115 Å². The molecule has 4 saturated carbocycles. The summed E-state index contributed by atoms with van der Waals surface area (Å²) in [6, 6.07) is 85.6. The van der Waals surface area contributed by atoms with Gasteiger partial charge in [0.15, 0.2) is 11.6 Å². The van der Waals surface area contributed by atoms with E-state index in [9.17, 15) is 71.3 Å². The summed E-state index contributed by atoms with van der Waals surface area (Å²) in [7, 11) is 0. The van der Waals surface area contributed by atoms with Crippen LogP contribution in [0.4, 0.5) is 66.5 Å². The maximum atomic E-state index is 13.0. The molecule has 712 valence electrons. The summed E-state index contributed by atoms with van der Waals surface area (Å²) >= 11 is 0. The lowest BCUT2D eigenvalue weighted by molar-refractivity contribution is -0.143. The van der Waals surface area contributed by atoms with Gasteiger partial charge in [-0.1, -0.05) is 177 Å². The second kappa shape index (κ2) is 43.2. The number of hydrogen-bond donors (Lipinski definition) is 8. The van der Waals surface area contributed by atoms with Gasteiger partial charge < -0.3 is 41.7 Å². The third-order valence-corrected chi connectivity index (χ3v) is 28.1. The molecule has 8 N–H and O–H groups in total. The third-order valence-electron chi connectivity index (χ3n) is 28.1. The average molecular weight is 1880 g/mol. The largest absolute Gasteiger partial charge is 0.481 e. The van der Waals surface area contributed by atoms with Crippen LogP contribution in [0.1, 0.15) is 163 Å². The molecular formula is C114H106F3N9O14. The van der Waals surface area contributed by atoms with Crippen molar-refractivity contribution < 1.29 is 81.5 Å². The van der Waals surface area contributed by atoms with Gasteiger partial charge in [0.2, 0.25) is 0 Å². The van der Waals surface area contributed by atoms with Crippen molar-refractivity contribution in [2.75, 3.05) is 44.2 Å². The Bertz CT molecular complexity index is 6900. The zero-order valence-electron chi connectivity index (χ0n) is 76.9. The number of anilines is 6. The van der Waals surface area contributed by atoms with Crippen LogP contribution in [0, 0.1) is 35.5 Å². The van der Waals surface area contributed by atoms with Gasteiger partial charge in [0.05, 0.1) is 40.3 Å². The fraction of sp³-hybridized carbons (Fsp3) is 0.254. The second-order valence-corrected chi connectivity index (χ2v) is 36.9. The summed E-state index contributed by atoms with van der Waals surface area (Å²) in [4.78, 5) is 129. The van der Waals surface area contributed by atoms with Gasteiger partial charge in [-0.25, -0.2) is 19.2 Å². The SMILES string of the molecule is O=C(O)CC1CCC(c2ccc(-c3ccc4c(c3)CCN4C(=O)Nc3cccc(C(F)(F)F)c3)cc2)CC1.O=C(O)CC1CCC(c2ccc(-c3ccc4c(ccn4C(=O)Nc4cccnc4)c3)cc2)CC1.O=C(O)[C@@H]1CCC[C@H]1C(=O)c1ccc(-c2ccc3c(ccn3C(=O)Nc3ccccc3)c2)cc1.O=C(O)[C@H]1CCC[C@H]1C(=O)c1ccc(-c2ccc3c(c2)CCN3C(=O)Nc2ccccc2)cc1. The fourth-order valence-electron chi connectivity index (χ4n) is 20.6. The number of nitrogens with zero attached hydrogens (tertiary/aromatic N) is 5. The first kappa shape index (κ1) is 95.8. The molecule has 4 atom stereocenters. The molecule has 20 rings (SSSR count). The fourth-order valence-corrected chi connectivity index (χ4v) is 20.6. The number of ketones is 2. The number of carbonyl (C=O) groups is 10. The van der Waals surface area contributed by atoms with E-state index in [-0.39, 0.29) is 47.7 Å². The number of carbonyl (C=O) groups excluding carboxylic acids is 6. The Hall–Kier alpha value is -15.9. The zero-order chi connectivity index (χ0) is 97.7. The topological polar surface area (TPSA) is 329 Å². The van der Waals surface area contributed by atoms with E-state index in [0.717, 1.165) is 183 Å². The average Bonchev–Trinajstić information content (AvgIpc) is 1.63. The number of carboxylic acid groups (broad SMARTS) is 4. The summed E-state index contributed by atoms with van der Waals surface area (Å²) in [5, 5.41) is 50.0. The molecule has 4 aliphatic carbocycles. The molecule has 0 spiro atoms. The molecule has 140 heavy (non-hydrogen) atoms. The Balaban J connectivity index is 0.000000129. The number of hydrogen-bond acceptors (Lipinski definition) is 11. The predicted molar refractivity (Wildman–Crippen MR) is 536 cm³/mol. The Morgan fingerprint density at radius 1 is 0.343 bits per heavy atom. The number of fused-ring (bicyclic) bond motifs is 4. The zero-order valence-corrected chi connectivity index (χ0v) is 76.9. The van der Waals surface area contributed by atoms with Crippen LogP contribution in [0.15, 0.2) is 304 Å². The summed E-state index contributed by atoms with van der Waals surface area (Å²) < 4.78 is 42.2. The Labute approximate surface area is 807 Å². The number of benzene rings is 11. The van der Waals surface area contributed by atoms with E-state index in [1.54, 1.807) is 80.1 Å². The summed E-state index contributed by atoms with van der Waals surface area (Å²) in [5.41, 5.74) is 18.9. The van der Waals surface area contributed by atoms with Crippen molar-refractivity contribution in [1.82, 2.24) is 14.1 Å². The van der Waals surface area contributed by atoms with Crippen LogP contribution in [-0.2, 0) is 38.2 Å². The molecule has 14 aromatic rings. The number of alkyl halides is 3. The van der Waals surface area contributed by atoms with Crippen molar-refractivity contribution in [3.63, 3.8) is 0 Å². The molecule has 2 aliphatic heterocycles. The minimum absolute atomic E-state index is 0.0783. The van der Waals surface area contributed by atoms with Crippen LogP contribution in [0.3, 0.4) is 0 Å². The van der Waals surface area contributed by atoms with Crippen LogP contribution in [0.25, 0.3) is 66.3 Å². The highest BCUT2D eigenvalue weighted by Gasteiger charge is 2.41. The number of rotatable bonds is 20. The van der Waals surface area contributed by atoms with Gasteiger partial charge in [-0.05, 0) is 296 Å². The highest BCUT2D eigenvalue weighted by Crippen LogP contribution is 2.44. The van der Waals surface area contributed by atoms with Crippen LogP contribution in [-0.4, -0.2) is 107 Å². The number of Topliss-reactive ketones (excluding diaryl/α,β-unsaturated/α-hetero) is 2. The van der Waals surface area contributed by atoms with Gasteiger partial charge in [0, 0.05) is 107 Å². The summed E-state index contributed by atoms with van der Waals surface area (Å²) in [6.45, 7) is 1.07. The van der Waals surface area contributed by atoms with Crippen molar-refractivity contribution in [2.45, 2.75) is 134 Å². The standard InChI is InChI=1S/C30H29F3N2O3.C28H27N3O3.C28H26N2O4.C28H24N2O4/c31-30(32,33)25-2-1-3-26(18-25)34-29(38)35-15-14-24-17-23(12-13-27(24)35)22-10-8-21(9-11-22)20-6-4-19(5-7-20)16-28(36)37;32-27(33)16-19-3-5-20(6-4-19)21-7-9-22(10-8-21)23-11-12-26-24(17-23)13-15-31(26)28(34)30-25-2-1-14-29-18-25;2*31-26(23-7-4-8-24(23)27(32)33)19-11-9-18(10-12-19)20-13-14-25-21(17-20)15-16-30(25)28(34)29-22-5-2-1-3-6-22/h1-3,8-13,17-20H,4-7,14-16H2,(H,34,38)(H,36,37);1-2,7-15,17-20H,3-6,16H2,(H,30,34)(H,32,33);1-3,5-6,9-14,17,23-24H,4,7-8,15-16H2,(H,29,34)(H,32,33);1-3,5-6,9-17,23-24H,4,7-8H2,(H,29,34)(H,32,33)/t;;23-,24+;23-,24-/m..11/s1. The van der Waals surface area contributed by atoms with Gasteiger partial charge >= 0.3 is 54.2 Å². The van der Waals surface area contributed by atoms with Crippen LogP contribution in [0.2, 0.25) is 0 Å². The van der Waals surface area contributed by atoms with Crippen molar-refractivity contribution in [2.24, 2.45) is 35.5 Å². The number of urea groups is 2. The molecule has 4 fully saturated rings. The number of pyridine rings is 1. The Kier molecular flexibility index (Phi) is 29.6. The monoisotopic (exact) mass is 1880 g/mol. The lowest BCUT2D eigenvalue weighted by Crippen LogP contribution is -2.33. The summed E-state index contributed by atoms with van der Waals surface area (Å²) in [6.07, 6.45) is 16.3. The number of nitrogens with one attached hydrogen (secondary N) is 4. The first-order valence-corrected chi connectivity index (χ1v) is 47.6. The van der Waals surface area contributed by atoms with Crippen molar-refractivity contribution in [1.29, 1.82) is 0 Å². The molecule has 26 heteroatoms. The molecule has 6 amide bonds. The van der Waals surface area contributed by atoms with Gasteiger partial charge in [0.1, 0.15) is 0 Å². The molecule has 3 aromatic heterocycles. The molecule has 5 heterocycles. The quantitative estimate of drug-likeness (QED) is 0.0329. The lowest BCUT2D eigenvalue weighted by atomic mass is 9.77. The van der Waals surface area contributed by atoms with E-state index in [0.29, 0.717) is 86.2 Å². The number of aromatic nitrogens is 3. The Morgan fingerprint density at radius 3 is 1.11 bits per heavy atom. The molecule has 0 radical (unpaired) electrons. The molecule has 0 unspecified atom stereocenters. The molecule has 11 aromatic carbocycles. The third kappa shape index (κ3) is 22.8. The number of para-hydroxylation sites is 2. The molecule has 23 nitrogen and oxygen atoms in total. The van der Waals surface area contributed by atoms with E-state index in [4.69, 9.17) is 10.2 Å². The van der Waals surface area contributed by atoms with Gasteiger partial charge in [0.25, 0.3) is 0 Å². The molecular weight excluding hydrogens is 1780 g/mol. The second-order valence-electron chi connectivity index (χ2n) is 36.9. The van der Waals surface area contributed by atoms with E-state index in [2.05, 4.69) is 93.0 Å². The molecule has 6 aliphatic rings. The first-order chi connectivity index (χ1) is 67.7. The van der Waals surface area contributed by atoms with Gasteiger partial charge in [-0.15, -0.1) is 0 Å². The minimum atomic E-state index is -4.48. The van der Waals surface area contributed by atoms with E-state index >= 15 is 0 Å². The number of carboxylic acids is 4. The van der Waals surface area contributed by atoms with Crippen molar-refractivity contribution in [3.8, 4) is 44.5 Å². The number of halogens is 3. The maximum absolute atomic E-state index is 13.0. The number of amides is 6. The highest BCUT2D eigenvalue weighted by atomic mass is 19.4. The normalized spacial score (nSPS) is 18.4.